The van der Waals surface area contributed by atoms with Crippen molar-refractivity contribution < 1.29 is 5.11 Å². The van der Waals surface area contributed by atoms with Crippen LogP contribution in [-0.4, -0.2) is 50.2 Å². The summed E-state index contributed by atoms with van der Waals surface area (Å²) in [5, 5.41) is 19.2. The smallest absolute Gasteiger partial charge is 0.138 e. The molecule has 1 N–H and O–H groups in total. The number of hydrogen-bond acceptors (Lipinski definition) is 4. The van der Waals surface area contributed by atoms with Crippen molar-refractivity contribution in [3.05, 3.63) is 33.8 Å². The number of aliphatic hydroxyl groups excluding tert-OH is 1. The molecule has 0 fully saturated rings. The van der Waals surface area contributed by atoms with Crippen molar-refractivity contribution in [1.82, 2.24) is 24.5 Å². The highest BCUT2D eigenvalue weighted by Gasteiger charge is 2.22. The molecule has 0 aliphatic carbocycles. The largest absolute Gasteiger partial charge is 0.380 e. The Morgan fingerprint density at radius 3 is 2.70 bits per heavy atom. The molecule has 110 valence electrons. The van der Waals surface area contributed by atoms with Crippen molar-refractivity contribution in [3.8, 4) is 0 Å². The molecule has 0 aliphatic heterocycles. The summed E-state index contributed by atoms with van der Waals surface area (Å²) >= 11 is 3.47. The minimum Gasteiger partial charge on any atom is -0.380 e. The lowest BCUT2D eigenvalue weighted by molar-refractivity contribution is 0.195. The van der Waals surface area contributed by atoms with Crippen LogP contribution in [0.25, 0.3) is 0 Å². The highest BCUT2D eigenvalue weighted by atomic mass is 79.9. The Kier molecular flexibility index (Phi) is 4.62. The van der Waals surface area contributed by atoms with Crippen LogP contribution in [0, 0.1) is 6.92 Å². The van der Waals surface area contributed by atoms with Gasteiger partial charge in [0.25, 0.3) is 0 Å². The predicted molar refractivity (Wildman–Crippen MR) is 80.5 cm³/mol. The lowest BCUT2D eigenvalue weighted by atomic mass is 10.1. The molecule has 0 aliphatic rings. The van der Waals surface area contributed by atoms with E-state index in [4.69, 9.17) is 0 Å². The van der Waals surface area contributed by atoms with E-state index in [1.807, 2.05) is 38.8 Å². The van der Waals surface area contributed by atoms with Crippen LogP contribution in [0.2, 0.25) is 0 Å². The maximum atomic E-state index is 10.6. The number of aliphatic hydroxyl groups is 1. The molecule has 0 amide bonds. The standard InChI is InChI=1S/C13H20BrN5O/c1-9-7-11(18(4)16-9)13(20)12-10(14)8-15-19(12)6-5-17(2)3/h7-8,13,20H,5-6H2,1-4H3. The monoisotopic (exact) mass is 341 g/mol. The number of halogens is 1. The van der Waals surface area contributed by atoms with Gasteiger partial charge < -0.3 is 10.0 Å². The van der Waals surface area contributed by atoms with Crippen LogP contribution in [0.1, 0.15) is 23.2 Å². The first kappa shape index (κ1) is 15.2. The molecule has 2 heterocycles. The van der Waals surface area contributed by atoms with Crippen LogP contribution in [0.3, 0.4) is 0 Å². The van der Waals surface area contributed by atoms with Gasteiger partial charge in [0.15, 0.2) is 0 Å². The Labute approximate surface area is 127 Å². The molecule has 6 nitrogen and oxygen atoms in total. The molecule has 2 aromatic heterocycles. The minimum absolute atomic E-state index is 0.724. The molecule has 1 atom stereocenters. The SMILES string of the molecule is Cc1cc(C(O)c2c(Br)cnn2CCN(C)C)n(C)n1. The van der Waals surface area contributed by atoms with E-state index in [0.29, 0.717) is 0 Å². The Morgan fingerprint density at radius 2 is 2.15 bits per heavy atom. The molecule has 0 spiro atoms. The summed E-state index contributed by atoms with van der Waals surface area (Å²) in [5.74, 6) is 0. The molecular formula is C13H20BrN5O. The fraction of sp³-hybridized carbons (Fsp3) is 0.538. The quantitative estimate of drug-likeness (QED) is 0.891. The molecule has 1 unspecified atom stereocenters. The fourth-order valence-corrected chi connectivity index (χ4v) is 2.66. The molecule has 7 heteroatoms. The molecular weight excluding hydrogens is 322 g/mol. The van der Waals surface area contributed by atoms with Gasteiger partial charge in [0.1, 0.15) is 6.10 Å². The highest BCUT2D eigenvalue weighted by Crippen LogP contribution is 2.28. The van der Waals surface area contributed by atoms with Gasteiger partial charge in [-0.15, -0.1) is 0 Å². The summed E-state index contributed by atoms with van der Waals surface area (Å²) in [6.07, 6.45) is 0.970. The lowest BCUT2D eigenvalue weighted by Crippen LogP contribution is -2.21. The van der Waals surface area contributed by atoms with Gasteiger partial charge in [0.2, 0.25) is 0 Å². The summed E-state index contributed by atoms with van der Waals surface area (Å²) in [4.78, 5) is 2.08. The van der Waals surface area contributed by atoms with Crippen LogP contribution < -0.4 is 0 Å². The van der Waals surface area contributed by atoms with Crippen molar-refractivity contribution in [2.24, 2.45) is 7.05 Å². The third kappa shape index (κ3) is 3.11. The summed E-state index contributed by atoms with van der Waals surface area (Å²) in [7, 11) is 5.86. The van der Waals surface area contributed by atoms with Gasteiger partial charge in [-0.05, 0) is 43.0 Å². The van der Waals surface area contributed by atoms with E-state index in [0.717, 1.165) is 34.6 Å². The zero-order chi connectivity index (χ0) is 14.9. The van der Waals surface area contributed by atoms with Gasteiger partial charge in [0, 0.05) is 13.6 Å². The van der Waals surface area contributed by atoms with E-state index < -0.39 is 6.10 Å². The zero-order valence-electron chi connectivity index (χ0n) is 12.2. The average Bonchev–Trinajstić information content (AvgIpc) is 2.89. The minimum atomic E-state index is -0.750. The van der Waals surface area contributed by atoms with Gasteiger partial charge in [-0.25, -0.2) is 0 Å². The summed E-state index contributed by atoms with van der Waals surface area (Å²) in [5.41, 5.74) is 2.40. The second-order valence-electron chi connectivity index (χ2n) is 5.14. The second-order valence-corrected chi connectivity index (χ2v) is 6.00. The maximum Gasteiger partial charge on any atom is 0.138 e. The first-order chi connectivity index (χ1) is 9.40. The lowest BCUT2D eigenvalue weighted by Gasteiger charge is -2.16. The van der Waals surface area contributed by atoms with E-state index in [-0.39, 0.29) is 0 Å². The summed E-state index contributed by atoms with van der Waals surface area (Å²) < 4.78 is 4.34. The van der Waals surface area contributed by atoms with E-state index in [9.17, 15) is 5.11 Å². The van der Waals surface area contributed by atoms with E-state index in [1.54, 1.807) is 10.9 Å². The molecule has 0 radical (unpaired) electrons. The van der Waals surface area contributed by atoms with Crippen LogP contribution in [0.15, 0.2) is 16.7 Å². The Hall–Kier alpha value is -1.18. The third-order valence-electron chi connectivity index (χ3n) is 3.17. The molecule has 0 saturated heterocycles. The maximum absolute atomic E-state index is 10.6. The Balaban J connectivity index is 2.31. The number of hydrogen-bond donors (Lipinski definition) is 1. The van der Waals surface area contributed by atoms with Crippen LogP contribution >= 0.6 is 15.9 Å². The Bertz CT molecular complexity index is 590. The van der Waals surface area contributed by atoms with Crippen molar-refractivity contribution in [1.29, 1.82) is 0 Å². The number of aryl methyl sites for hydroxylation is 2. The Morgan fingerprint density at radius 1 is 1.45 bits per heavy atom. The van der Waals surface area contributed by atoms with Crippen LogP contribution in [0.5, 0.6) is 0 Å². The average molecular weight is 342 g/mol. The predicted octanol–water partition coefficient (Wildman–Crippen LogP) is 1.33. The molecule has 2 aromatic rings. The van der Waals surface area contributed by atoms with Crippen molar-refractivity contribution in [3.63, 3.8) is 0 Å². The van der Waals surface area contributed by atoms with E-state index >= 15 is 0 Å². The molecule has 0 saturated carbocycles. The van der Waals surface area contributed by atoms with Crippen molar-refractivity contribution in [2.45, 2.75) is 19.6 Å². The first-order valence-electron chi connectivity index (χ1n) is 6.44. The number of rotatable bonds is 5. The van der Waals surface area contributed by atoms with E-state index in [1.165, 1.54) is 0 Å². The van der Waals surface area contributed by atoms with Crippen molar-refractivity contribution >= 4 is 15.9 Å². The summed E-state index contributed by atoms with van der Waals surface area (Å²) in [6, 6.07) is 1.89. The van der Waals surface area contributed by atoms with Crippen molar-refractivity contribution in [2.75, 3.05) is 20.6 Å². The summed E-state index contributed by atoms with van der Waals surface area (Å²) in [6.45, 7) is 3.49. The van der Waals surface area contributed by atoms with E-state index in [2.05, 4.69) is 31.0 Å². The van der Waals surface area contributed by atoms with Gasteiger partial charge in [-0.1, -0.05) is 0 Å². The highest BCUT2D eigenvalue weighted by molar-refractivity contribution is 9.10. The van der Waals surface area contributed by atoms with Gasteiger partial charge in [0.05, 0.1) is 34.3 Å². The molecule has 2 rings (SSSR count). The first-order valence-corrected chi connectivity index (χ1v) is 7.24. The number of likely N-dealkylation sites (N-methyl/N-ethyl adjacent to an activating group) is 1. The number of aromatic nitrogens is 4. The van der Waals surface area contributed by atoms with Crippen LogP contribution in [0.4, 0.5) is 0 Å². The number of nitrogens with zero attached hydrogens (tertiary/aromatic N) is 5. The normalized spacial score (nSPS) is 13.2. The third-order valence-corrected chi connectivity index (χ3v) is 3.78. The molecule has 0 aromatic carbocycles. The molecule has 20 heavy (non-hydrogen) atoms. The topological polar surface area (TPSA) is 59.1 Å². The van der Waals surface area contributed by atoms with Gasteiger partial charge >= 0.3 is 0 Å². The molecule has 0 bridgehead atoms. The van der Waals surface area contributed by atoms with Gasteiger partial charge in [-0.2, -0.15) is 10.2 Å². The zero-order valence-corrected chi connectivity index (χ0v) is 13.8. The fourth-order valence-electron chi connectivity index (χ4n) is 2.14. The van der Waals surface area contributed by atoms with Crippen LogP contribution in [-0.2, 0) is 13.6 Å². The van der Waals surface area contributed by atoms with Gasteiger partial charge in [-0.3, -0.25) is 9.36 Å². The second kappa shape index (κ2) is 6.07.